The summed E-state index contributed by atoms with van der Waals surface area (Å²) in [6.07, 6.45) is 4.50. The number of hydrogen-bond acceptors (Lipinski definition) is 4. The number of amides is 1. The maximum absolute atomic E-state index is 12.7. The number of aryl methyl sites for hydroxylation is 1. The third kappa shape index (κ3) is 3.81. The molecule has 0 aliphatic carbocycles. The zero-order valence-electron chi connectivity index (χ0n) is 16.3. The predicted molar refractivity (Wildman–Crippen MR) is 108 cm³/mol. The quantitative estimate of drug-likeness (QED) is 0.632. The Hall–Kier alpha value is -3.03. The largest absolute Gasteiger partial charge is 0.488 e. The van der Waals surface area contributed by atoms with Crippen LogP contribution in [0.3, 0.4) is 0 Å². The second-order valence-corrected chi connectivity index (χ2v) is 7.09. The van der Waals surface area contributed by atoms with Gasteiger partial charge in [0.2, 0.25) is 5.91 Å². The maximum Gasteiger partial charge on any atom is 0.246 e. The van der Waals surface area contributed by atoms with Gasteiger partial charge in [0.15, 0.2) is 5.96 Å². The van der Waals surface area contributed by atoms with E-state index < -0.39 is 0 Å². The summed E-state index contributed by atoms with van der Waals surface area (Å²) in [7, 11) is 1.85. The van der Waals surface area contributed by atoms with Gasteiger partial charge in [-0.2, -0.15) is 5.10 Å². The van der Waals surface area contributed by atoms with E-state index in [1.807, 2.05) is 43.3 Å². The van der Waals surface area contributed by atoms with E-state index >= 15 is 0 Å². The summed E-state index contributed by atoms with van der Waals surface area (Å²) in [5.74, 6) is 1.77. The van der Waals surface area contributed by atoms with Crippen molar-refractivity contribution in [3.8, 4) is 5.75 Å². The van der Waals surface area contributed by atoms with Gasteiger partial charge < -0.3 is 19.9 Å². The molecule has 8 nitrogen and oxygen atoms in total. The van der Waals surface area contributed by atoms with Crippen molar-refractivity contribution in [2.75, 3.05) is 37.6 Å². The molecule has 1 unspecified atom stereocenters. The maximum atomic E-state index is 12.7. The van der Waals surface area contributed by atoms with Gasteiger partial charge in [0, 0.05) is 39.3 Å². The summed E-state index contributed by atoms with van der Waals surface area (Å²) in [4.78, 5) is 21.2. The third-order valence-electron chi connectivity index (χ3n) is 5.02. The molecule has 1 aromatic carbocycles. The minimum absolute atomic E-state index is 0.0402. The van der Waals surface area contributed by atoms with Crippen LogP contribution in [0, 0.1) is 0 Å². The van der Waals surface area contributed by atoms with E-state index in [1.54, 1.807) is 15.8 Å². The lowest BCUT2D eigenvalue weighted by Crippen LogP contribution is -2.55. The molecule has 0 bridgehead atoms. The van der Waals surface area contributed by atoms with Crippen molar-refractivity contribution in [2.45, 2.75) is 19.4 Å². The number of rotatable bonds is 4. The molecule has 4 rings (SSSR count). The Morgan fingerprint density at radius 3 is 2.93 bits per heavy atom. The lowest BCUT2D eigenvalue weighted by Gasteiger charge is -2.35. The summed E-state index contributed by atoms with van der Waals surface area (Å²) >= 11 is 0. The zero-order chi connectivity index (χ0) is 19.5. The van der Waals surface area contributed by atoms with Crippen molar-refractivity contribution >= 4 is 17.6 Å². The van der Waals surface area contributed by atoms with E-state index in [4.69, 9.17) is 9.73 Å². The molecule has 1 N–H and O–H groups in total. The van der Waals surface area contributed by atoms with Crippen molar-refractivity contribution in [1.82, 2.24) is 20.0 Å². The molecule has 28 heavy (non-hydrogen) atoms. The average molecular weight is 382 g/mol. The minimum atomic E-state index is 0.0402. The lowest BCUT2D eigenvalue weighted by molar-refractivity contribution is -0.120. The van der Waals surface area contributed by atoms with Gasteiger partial charge in [0.1, 0.15) is 18.4 Å². The highest BCUT2D eigenvalue weighted by molar-refractivity contribution is 5.98. The highest BCUT2D eigenvalue weighted by atomic mass is 16.5. The van der Waals surface area contributed by atoms with Crippen LogP contribution >= 0.6 is 0 Å². The molecule has 8 heteroatoms. The molecule has 1 atom stereocenters. The van der Waals surface area contributed by atoms with Gasteiger partial charge in [0.25, 0.3) is 0 Å². The number of para-hydroxylation sites is 1. The number of guanidine groups is 1. The van der Waals surface area contributed by atoms with Gasteiger partial charge in [-0.3, -0.25) is 9.48 Å². The van der Waals surface area contributed by atoms with Crippen LogP contribution in [-0.4, -0.2) is 65.4 Å². The van der Waals surface area contributed by atoms with Crippen LogP contribution < -0.4 is 15.0 Å². The molecular formula is C20H26N6O2. The Labute approximate surface area is 164 Å². The number of nitrogens with zero attached hydrogens (tertiary/aromatic N) is 5. The lowest BCUT2D eigenvalue weighted by atomic mass is 10.1. The summed E-state index contributed by atoms with van der Waals surface area (Å²) in [5.41, 5.74) is 2.07. The predicted octanol–water partition coefficient (Wildman–Crippen LogP) is 1.04. The minimum Gasteiger partial charge on any atom is -0.488 e. The van der Waals surface area contributed by atoms with Crippen molar-refractivity contribution in [3.63, 3.8) is 0 Å². The Kier molecular flexibility index (Phi) is 5.18. The highest BCUT2D eigenvalue weighted by Gasteiger charge is 2.28. The standard InChI is InChI=1S/C20H26N6O2/c1-3-21-20(22-12-17-10-15-6-4-5-7-18(15)28-17)25-8-9-26(19(27)14-25)16-11-23-24(2)13-16/h4-7,11,13,17H,3,8-10,12,14H2,1-2H3,(H,21,22). The van der Waals surface area contributed by atoms with Crippen LogP contribution in [0.1, 0.15) is 12.5 Å². The summed E-state index contributed by atoms with van der Waals surface area (Å²) in [6.45, 7) is 4.98. The van der Waals surface area contributed by atoms with E-state index in [-0.39, 0.29) is 12.0 Å². The van der Waals surface area contributed by atoms with Gasteiger partial charge in [-0.1, -0.05) is 18.2 Å². The molecule has 148 valence electrons. The molecule has 2 aliphatic heterocycles. The second-order valence-electron chi connectivity index (χ2n) is 7.09. The van der Waals surface area contributed by atoms with Crippen LogP contribution in [0.4, 0.5) is 5.69 Å². The number of nitrogens with one attached hydrogen (secondary N) is 1. The molecule has 1 aromatic heterocycles. The number of ether oxygens (including phenoxy) is 1. The molecule has 1 amide bonds. The number of aliphatic imine (C=N–C) groups is 1. The van der Waals surface area contributed by atoms with Gasteiger partial charge in [-0.25, -0.2) is 4.99 Å². The van der Waals surface area contributed by atoms with Crippen LogP contribution in [0.15, 0.2) is 41.7 Å². The van der Waals surface area contributed by atoms with Crippen LogP contribution in [-0.2, 0) is 18.3 Å². The smallest absolute Gasteiger partial charge is 0.246 e. The molecule has 0 saturated carbocycles. The topological polar surface area (TPSA) is 75.0 Å². The monoisotopic (exact) mass is 382 g/mol. The Morgan fingerprint density at radius 2 is 2.21 bits per heavy atom. The third-order valence-corrected chi connectivity index (χ3v) is 5.02. The van der Waals surface area contributed by atoms with Crippen LogP contribution in [0.5, 0.6) is 5.75 Å². The number of anilines is 1. The Morgan fingerprint density at radius 1 is 1.36 bits per heavy atom. The number of fused-ring (bicyclic) bond motifs is 1. The normalized spacial score (nSPS) is 19.6. The van der Waals surface area contributed by atoms with Gasteiger partial charge >= 0.3 is 0 Å². The van der Waals surface area contributed by atoms with Gasteiger partial charge in [-0.05, 0) is 18.6 Å². The van der Waals surface area contributed by atoms with E-state index in [2.05, 4.69) is 16.5 Å². The fraction of sp³-hybridized carbons (Fsp3) is 0.450. The molecule has 2 aromatic rings. The summed E-state index contributed by atoms with van der Waals surface area (Å²) in [6, 6.07) is 8.12. The van der Waals surface area contributed by atoms with E-state index in [0.29, 0.717) is 19.6 Å². The number of hydrogen-bond donors (Lipinski definition) is 1. The molecule has 1 saturated heterocycles. The zero-order valence-corrected chi connectivity index (χ0v) is 16.3. The molecule has 0 spiro atoms. The van der Waals surface area contributed by atoms with Crippen LogP contribution in [0.2, 0.25) is 0 Å². The first-order valence-electron chi connectivity index (χ1n) is 9.71. The Balaban J connectivity index is 1.39. The fourth-order valence-electron chi connectivity index (χ4n) is 3.64. The van der Waals surface area contributed by atoms with Crippen molar-refractivity contribution in [1.29, 1.82) is 0 Å². The second kappa shape index (κ2) is 7.92. The number of carbonyl (C=O) groups excluding carboxylic acids is 1. The highest BCUT2D eigenvalue weighted by Crippen LogP contribution is 2.28. The van der Waals surface area contributed by atoms with E-state index in [1.165, 1.54) is 5.56 Å². The first-order chi connectivity index (χ1) is 13.6. The average Bonchev–Trinajstić information content (AvgIpc) is 3.30. The first-order valence-corrected chi connectivity index (χ1v) is 9.71. The Bertz CT molecular complexity index is 852. The molecular weight excluding hydrogens is 356 g/mol. The van der Waals surface area contributed by atoms with E-state index in [0.717, 1.165) is 36.9 Å². The molecule has 2 aliphatic rings. The SMILES string of the molecule is CCNC(=NCC1Cc2ccccc2O1)N1CCN(c2cnn(C)c2)C(=O)C1. The van der Waals surface area contributed by atoms with Crippen LogP contribution in [0.25, 0.3) is 0 Å². The molecule has 1 fully saturated rings. The van der Waals surface area contributed by atoms with Gasteiger partial charge in [0.05, 0.1) is 18.4 Å². The van der Waals surface area contributed by atoms with E-state index in [9.17, 15) is 4.79 Å². The summed E-state index contributed by atoms with van der Waals surface area (Å²) in [5, 5.41) is 7.47. The number of piperazine rings is 1. The molecule has 0 radical (unpaired) electrons. The van der Waals surface area contributed by atoms with Crippen molar-refractivity contribution < 1.29 is 9.53 Å². The van der Waals surface area contributed by atoms with Crippen molar-refractivity contribution in [3.05, 3.63) is 42.2 Å². The number of carbonyl (C=O) groups is 1. The molecule has 3 heterocycles. The van der Waals surface area contributed by atoms with Gasteiger partial charge in [-0.15, -0.1) is 0 Å². The first kappa shape index (κ1) is 18.3. The number of aromatic nitrogens is 2. The number of benzene rings is 1. The van der Waals surface area contributed by atoms with Crippen molar-refractivity contribution in [2.24, 2.45) is 12.0 Å². The summed E-state index contributed by atoms with van der Waals surface area (Å²) < 4.78 is 7.69. The fourth-order valence-corrected chi connectivity index (χ4v) is 3.64.